The Morgan fingerprint density at radius 1 is 0.611 bits per heavy atom. The summed E-state index contributed by atoms with van der Waals surface area (Å²) < 4.78 is 3.26. The molecule has 1 fully saturated rings. The van der Waals surface area contributed by atoms with Crippen LogP contribution in [0.5, 0.6) is 0 Å². The van der Waals surface area contributed by atoms with Crippen LogP contribution in [0, 0.1) is 0 Å². The van der Waals surface area contributed by atoms with E-state index in [0.717, 1.165) is 15.0 Å². The maximum atomic E-state index is 2.21. The molecular formula is C15H30SSeTe. The molecule has 0 N–H and O–H groups in total. The van der Waals surface area contributed by atoms with E-state index in [1.54, 1.807) is 45.3 Å². The zero-order chi connectivity index (χ0) is 12.7. The topological polar surface area (TPSA) is 0 Å². The Morgan fingerprint density at radius 2 is 1.17 bits per heavy atom. The van der Waals surface area contributed by atoms with Crippen LogP contribution < -0.4 is 0 Å². The summed E-state index contributed by atoms with van der Waals surface area (Å²) in [5.74, 6) is 2.87. The summed E-state index contributed by atoms with van der Waals surface area (Å²) in [7, 11) is 0. The van der Waals surface area contributed by atoms with E-state index in [1.165, 1.54) is 43.6 Å². The Labute approximate surface area is 135 Å². The van der Waals surface area contributed by atoms with Crippen molar-refractivity contribution in [1.82, 2.24) is 0 Å². The summed E-state index contributed by atoms with van der Waals surface area (Å²) in [6.45, 7) is 0. The summed E-state index contributed by atoms with van der Waals surface area (Å²) in [6, 6.07) is 0. The average molecular weight is 449 g/mol. The van der Waals surface area contributed by atoms with Gasteiger partial charge in [0, 0.05) is 0 Å². The molecule has 0 radical (unpaired) electrons. The molecule has 0 aliphatic carbocycles. The molecule has 0 nitrogen and oxygen atoms in total. The number of thioether (sulfide) groups is 1. The Morgan fingerprint density at radius 3 is 1.83 bits per heavy atom. The van der Waals surface area contributed by atoms with E-state index in [2.05, 4.69) is 11.8 Å². The Hall–Kier alpha value is 1.66. The van der Waals surface area contributed by atoms with Gasteiger partial charge in [-0.05, 0) is 0 Å². The molecule has 1 heterocycles. The standard InChI is InChI=1S/C15H30SSeTe/c1-4-10-16-11-5-2-8-14-18-15-9-3-7-13-17-12-6-1/h1-15H2. The fraction of sp³-hybridized carbons (Fsp3) is 1.00. The van der Waals surface area contributed by atoms with Crippen LogP contribution in [0.4, 0.5) is 0 Å². The first-order chi connectivity index (χ1) is 9.00. The van der Waals surface area contributed by atoms with Crippen molar-refractivity contribution in [3.05, 3.63) is 0 Å². The summed E-state index contributed by atoms with van der Waals surface area (Å²) in [5, 5.41) is 3.13. The second-order valence-corrected chi connectivity index (χ2v) is 12.3. The summed E-state index contributed by atoms with van der Waals surface area (Å²) in [4.78, 5) is 0. The Bertz CT molecular complexity index is 91.5. The number of hydrogen-bond donors (Lipinski definition) is 0. The molecule has 1 rings (SSSR count). The van der Waals surface area contributed by atoms with Gasteiger partial charge in [0.15, 0.2) is 0 Å². The van der Waals surface area contributed by atoms with E-state index < -0.39 is 0 Å². The van der Waals surface area contributed by atoms with Gasteiger partial charge in [0.05, 0.1) is 0 Å². The van der Waals surface area contributed by atoms with Gasteiger partial charge in [-0.3, -0.25) is 0 Å². The summed E-state index contributed by atoms with van der Waals surface area (Å²) in [6.07, 6.45) is 13.7. The molecule has 1 saturated heterocycles. The van der Waals surface area contributed by atoms with Gasteiger partial charge in [-0.2, -0.15) is 0 Å². The molecule has 0 aromatic heterocycles. The molecule has 0 aromatic rings. The first kappa shape index (κ1) is 17.7. The molecule has 0 bridgehead atoms. The summed E-state index contributed by atoms with van der Waals surface area (Å²) in [5.41, 5.74) is 0. The molecule has 0 spiro atoms. The van der Waals surface area contributed by atoms with Crippen LogP contribution in [0.1, 0.15) is 57.8 Å². The molecular weight excluding hydrogens is 419 g/mol. The van der Waals surface area contributed by atoms with E-state index in [4.69, 9.17) is 0 Å². The molecule has 0 amide bonds. The maximum absolute atomic E-state index is 2.21. The predicted molar refractivity (Wildman–Crippen MR) is 89.6 cm³/mol. The molecule has 18 heavy (non-hydrogen) atoms. The predicted octanol–water partition coefficient (Wildman–Crippen LogP) is 5.33. The minimum atomic E-state index is 0.412. The van der Waals surface area contributed by atoms with E-state index in [-0.39, 0.29) is 0 Å². The van der Waals surface area contributed by atoms with Gasteiger partial charge in [-0.15, -0.1) is 0 Å². The fourth-order valence-corrected chi connectivity index (χ4v) is 8.14. The fourth-order valence-electron chi connectivity index (χ4n) is 2.06. The third kappa shape index (κ3) is 12.7. The van der Waals surface area contributed by atoms with Crippen molar-refractivity contribution in [3.63, 3.8) is 0 Å². The van der Waals surface area contributed by atoms with Crippen LogP contribution >= 0.6 is 11.8 Å². The van der Waals surface area contributed by atoms with Crippen molar-refractivity contribution in [1.29, 1.82) is 0 Å². The van der Waals surface area contributed by atoms with Crippen molar-refractivity contribution < 1.29 is 0 Å². The van der Waals surface area contributed by atoms with E-state index in [1.807, 2.05) is 0 Å². The molecule has 3 heteroatoms. The van der Waals surface area contributed by atoms with E-state index >= 15 is 0 Å². The van der Waals surface area contributed by atoms with Crippen molar-refractivity contribution >= 4 is 47.6 Å². The molecule has 0 saturated carbocycles. The molecule has 0 aromatic carbocycles. The summed E-state index contributed by atoms with van der Waals surface area (Å²) >= 11 is 3.61. The van der Waals surface area contributed by atoms with Crippen LogP contribution in [-0.2, 0) is 0 Å². The first-order valence-electron chi connectivity index (χ1n) is 7.73. The van der Waals surface area contributed by atoms with Gasteiger partial charge < -0.3 is 0 Å². The second kappa shape index (κ2) is 15.1. The molecule has 108 valence electrons. The molecule has 0 unspecified atom stereocenters. The third-order valence-electron chi connectivity index (χ3n) is 3.23. The minimum absolute atomic E-state index is 0.412. The van der Waals surface area contributed by atoms with Gasteiger partial charge in [0.1, 0.15) is 0 Å². The zero-order valence-electron chi connectivity index (χ0n) is 11.8. The van der Waals surface area contributed by atoms with Crippen LogP contribution in [-0.4, -0.2) is 47.4 Å². The Kier molecular flexibility index (Phi) is 14.8. The van der Waals surface area contributed by atoms with Gasteiger partial charge in [0.2, 0.25) is 0 Å². The molecule has 1 aliphatic rings. The van der Waals surface area contributed by atoms with Crippen LogP contribution in [0.15, 0.2) is 0 Å². The normalized spacial score (nSPS) is 24.0. The van der Waals surface area contributed by atoms with Gasteiger partial charge in [-0.1, -0.05) is 0 Å². The van der Waals surface area contributed by atoms with Crippen LogP contribution in [0.25, 0.3) is 0 Å². The van der Waals surface area contributed by atoms with E-state index in [0.29, 0.717) is 20.9 Å². The van der Waals surface area contributed by atoms with Crippen LogP contribution in [0.3, 0.4) is 0 Å². The second-order valence-electron chi connectivity index (χ2n) is 5.02. The first-order valence-corrected chi connectivity index (χ1v) is 14.6. The van der Waals surface area contributed by atoms with Gasteiger partial charge >= 0.3 is 137 Å². The van der Waals surface area contributed by atoms with Crippen molar-refractivity contribution in [2.24, 2.45) is 0 Å². The van der Waals surface area contributed by atoms with E-state index in [9.17, 15) is 0 Å². The third-order valence-corrected chi connectivity index (χ3v) is 10.1. The van der Waals surface area contributed by atoms with Crippen molar-refractivity contribution in [2.45, 2.75) is 77.4 Å². The quantitative estimate of drug-likeness (QED) is 0.451. The SMILES string of the molecule is C1CCSCCCCC[Te]CCCCC[Se]CC1. The van der Waals surface area contributed by atoms with Crippen molar-refractivity contribution in [3.8, 4) is 0 Å². The van der Waals surface area contributed by atoms with Gasteiger partial charge in [0.25, 0.3) is 0 Å². The number of rotatable bonds is 0. The molecule has 0 atom stereocenters. The zero-order valence-corrected chi connectivity index (χ0v) is 16.7. The van der Waals surface area contributed by atoms with Gasteiger partial charge in [-0.25, -0.2) is 0 Å². The number of hydrogen-bond acceptors (Lipinski definition) is 1. The average Bonchev–Trinajstić information content (AvgIpc) is 2.39. The van der Waals surface area contributed by atoms with Crippen LogP contribution in [0.2, 0.25) is 19.6 Å². The van der Waals surface area contributed by atoms with Crippen molar-refractivity contribution in [2.75, 3.05) is 11.5 Å². The molecule has 1 aliphatic heterocycles. The monoisotopic (exact) mass is 452 g/mol. The Balaban J connectivity index is 2.00.